The number of carbonyl (C=O) groups is 2. The van der Waals surface area contributed by atoms with Gasteiger partial charge in [-0.25, -0.2) is 0 Å². The van der Waals surface area contributed by atoms with Gasteiger partial charge in [0.2, 0.25) is 5.91 Å². The van der Waals surface area contributed by atoms with Crippen molar-refractivity contribution in [2.45, 2.75) is 48.2 Å². The Balaban J connectivity index is 1.66. The maximum absolute atomic E-state index is 13.6. The lowest BCUT2D eigenvalue weighted by molar-refractivity contribution is -0.130. The number of carbonyl (C=O) groups excluding carboxylic acids is 2. The largest absolute Gasteiger partial charge is 0.325 e. The molecule has 1 N–H and O–H groups in total. The summed E-state index contributed by atoms with van der Waals surface area (Å²) >= 11 is 5.22. The molecule has 1 amide bonds. The molecular formula is C23H24BrNO2S. The zero-order valence-electron chi connectivity index (χ0n) is 16.3. The molecule has 0 heterocycles. The fourth-order valence-electron chi connectivity index (χ4n) is 4.96. The number of halogens is 1. The minimum absolute atomic E-state index is 0.0601. The molecule has 2 aromatic rings. The highest BCUT2D eigenvalue weighted by Crippen LogP contribution is 2.72. The van der Waals surface area contributed by atoms with Gasteiger partial charge in [0.15, 0.2) is 5.78 Å². The lowest BCUT2D eigenvalue weighted by Crippen LogP contribution is -2.48. The van der Waals surface area contributed by atoms with Crippen molar-refractivity contribution in [1.29, 1.82) is 0 Å². The summed E-state index contributed by atoms with van der Waals surface area (Å²) in [6.45, 7) is 6.16. The summed E-state index contributed by atoms with van der Waals surface area (Å²) in [5.74, 6) is 0.0981. The van der Waals surface area contributed by atoms with E-state index >= 15 is 0 Å². The summed E-state index contributed by atoms with van der Waals surface area (Å²) in [4.78, 5) is 28.2. The molecule has 3 unspecified atom stereocenters. The summed E-state index contributed by atoms with van der Waals surface area (Å²) in [7, 11) is 0. The minimum atomic E-state index is -0.733. The molecule has 4 rings (SSSR count). The van der Waals surface area contributed by atoms with Gasteiger partial charge in [-0.05, 0) is 42.5 Å². The van der Waals surface area contributed by atoms with Gasteiger partial charge in [0.05, 0.1) is 15.9 Å². The van der Waals surface area contributed by atoms with Crippen molar-refractivity contribution in [3.8, 4) is 0 Å². The van der Waals surface area contributed by atoms with Crippen LogP contribution < -0.4 is 5.32 Å². The number of anilines is 1. The van der Waals surface area contributed by atoms with E-state index in [4.69, 9.17) is 0 Å². The third kappa shape index (κ3) is 2.55. The number of benzene rings is 2. The molecule has 0 saturated heterocycles. The Bertz CT molecular complexity index is 945. The van der Waals surface area contributed by atoms with Gasteiger partial charge in [-0.3, -0.25) is 9.59 Å². The first-order valence-electron chi connectivity index (χ1n) is 9.56. The number of para-hydroxylation sites is 1. The van der Waals surface area contributed by atoms with E-state index < -0.39 is 21.1 Å². The van der Waals surface area contributed by atoms with E-state index in [9.17, 15) is 9.59 Å². The number of nitrogens with one attached hydrogen (secondary N) is 1. The minimum Gasteiger partial charge on any atom is -0.325 e. The fourth-order valence-corrected chi connectivity index (χ4v) is 7.40. The van der Waals surface area contributed by atoms with Crippen molar-refractivity contribution >= 4 is 45.1 Å². The topological polar surface area (TPSA) is 46.2 Å². The molecule has 0 spiro atoms. The number of ketones is 1. The summed E-state index contributed by atoms with van der Waals surface area (Å²) < 4.78 is 0. The predicted molar refractivity (Wildman–Crippen MR) is 117 cm³/mol. The van der Waals surface area contributed by atoms with Gasteiger partial charge in [-0.1, -0.05) is 78.8 Å². The van der Waals surface area contributed by atoms with Gasteiger partial charge in [0.1, 0.15) is 0 Å². The zero-order valence-corrected chi connectivity index (χ0v) is 18.7. The summed E-state index contributed by atoms with van der Waals surface area (Å²) in [6, 6.07) is 18.0. The highest BCUT2D eigenvalue weighted by Gasteiger charge is 2.76. The van der Waals surface area contributed by atoms with Crippen LogP contribution in [-0.2, 0) is 9.59 Å². The lowest BCUT2D eigenvalue weighted by Gasteiger charge is -2.39. The van der Waals surface area contributed by atoms with Crippen molar-refractivity contribution in [3.05, 3.63) is 54.6 Å². The van der Waals surface area contributed by atoms with E-state index in [1.807, 2.05) is 49.4 Å². The van der Waals surface area contributed by atoms with E-state index in [1.54, 1.807) is 11.8 Å². The number of Topliss-reactive ketones (excluding diaryl/α,β-unsaturated/α-hetero) is 1. The highest BCUT2D eigenvalue weighted by atomic mass is 79.9. The van der Waals surface area contributed by atoms with Gasteiger partial charge < -0.3 is 5.32 Å². The van der Waals surface area contributed by atoms with Crippen molar-refractivity contribution in [2.75, 3.05) is 5.32 Å². The predicted octanol–water partition coefficient (Wildman–Crippen LogP) is 5.94. The molecule has 0 aliphatic heterocycles. The average Bonchev–Trinajstić information content (AvgIpc) is 2.96. The number of hydrogen-bond donors (Lipinski definition) is 1. The van der Waals surface area contributed by atoms with Gasteiger partial charge in [0.25, 0.3) is 0 Å². The van der Waals surface area contributed by atoms with Crippen LogP contribution >= 0.6 is 27.7 Å². The van der Waals surface area contributed by atoms with Crippen LogP contribution in [0.1, 0.15) is 33.6 Å². The Hall–Kier alpha value is -1.59. The first-order valence-corrected chi connectivity index (χ1v) is 11.3. The maximum Gasteiger partial charge on any atom is 0.232 e. The molecular weight excluding hydrogens is 434 g/mol. The van der Waals surface area contributed by atoms with Gasteiger partial charge in [0, 0.05) is 15.2 Å². The Kier molecular flexibility index (Phi) is 4.74. The van der Waals surface area contributed by atoms with Gasteiger partial charge >= 0.3 is 0 Å². The monoisotopic (exact) mass is 457 g/mol. The Morgan fingerprint density at radius 2 is 1.68 bits per heavy atom. The van der Waals surface area contributed by atoms with Crippen LogP contribution in [0.3, 0.4) is 0 Å². The molecule has 3 nitrogen and oxygen atoms in total. The van der Waals surface area contributed by atoms with Crippen LogP contribution in [-0.4, -0.2) is 16.5 Å². The molecule has 0 aromatic heterocycles. The van der Waals surface area contributed by atoms with Gasteiger partial charge in [-0.15, -0.1) is 0 Å². The third-order valence-electron chi connectivity index (χ3n) is 7.23. The van der Waals surface area contributed by atoms with Gasteiger partial charge in [-0.2, -0.15) is 0 Å². The SMILES string of the molecule is CC12CCC(C(=O)Nc3ccccc3Sc3ccccc3)(C(Br)C1=O)C2(C)C. The molecule has 2 saturated carbocycles. The summed E-state index contributed by atoms with van der Waals surface area (Å²) in [5, 5.41) is 3.17. The first kappa shape index (κ1) is 19.7. The van der Waals surface area contributed by atoms with Crippen LogP contribution in [0.25, 0.3) is 0 Å². The summed E-state index contributed by atoms with van der Waals surface area (Å²) in [6.07, 6.45) is 1.48. The second-order valence-corrected chi connectivity index (χ2v) is 10.6. The molecule has 2 aromatic carbocycles. The van der Waals surface area contributed by atoms with Crippen LogP contribution in [0.2, 0.25) is 0 Å². The van der Waals surface area contributed by atoms with Crippen molar-refractivity contribution in [3.63, 3.8) is 0 Å². The van der Waals surface area contributed by atoms with Crippen LogP contribution in [0.4, 0.5) is 5.69 Å². The number of fused-ring (bicyclic) bond motifs is 2. The Morgan fingerprint density at radius 1 is 1.04 bits per heavy atom. The normalized spacial score (nSPS) is 30.4. The second-order valence-electron chi connectivity index (χ2n) is 8.52. The van der Waals surface area contributed by atoms with E-state index in [1.165, 1.54) is 0 Å². The number of alkyl halides is 1. The fraction of sp³-hybridized carbons (Fsp3) is 0.391. The van der Waals surface area contributed by atoms with Crippen LogP contribution in [0.15, 0.2) is 64.4 Å². The number of amides is 1. The molecule has 28 heavy (non-hydrogen) atoms. The molecule has 0 radical (unpaired) electrons. The lowest BCUT2D eigenvalue weighted by atomic mass is 9.64. The third-order valence-corrected chi connectivity index (χ3v) is 9.51. The molecule has 2 aliphatic carbocycles. The smallest absolute Gasteiger partial charge is 0.232 e. The molecule has 2 aliphatic rings. The van der Waals surface area contributed by atoms with E-state index in [-0.39, 0.29) is 11.7 Å². The van der Waals surface area contributed by atoms with E-state index in [0.29, 0.717) is 0 Å². The van der Waals surface area contributed by atoms with E-state index in [2.05, 4.69) is 47.2 Å². The number of rotatable bonds is 4. The van der Waals surface area contributed by atoms with Crippen molar-refractivity contribution in [2.24, 2.45) is 16.2 Å². The zero-order chi connectivity index (χ0) is 20.2. The summed E-state index contributed by atoms with van der Waals surface area (Å²) in [5.41, 5.74) is -0.809. The average molecular weight is 458 g/mol. The molecule has 5 heteroatoms. The molecule has 2 fully saturated rings. The second kappa shape index (κ2) is 6.74. The van der Waals surface area contributed by atoms with Crippen LogP contribution in [0, 0.1) is 16.2 Å². The maximum atomic E-state index is 13.6. The molecule has 2 bridgehead atoms. The first-order chi connectivity index (χ1) is 13.2. The standard InChI is InChI=1S/C23H24BrNO2S/c1-21(2)22(3)13-14-23(21,18(24)19(22)26)20(27)25-16-11-7-8-12-17(16)28-15-9-5-4-6-10-15/h4-12,18H,13-14H2,1-3H3,(H,25,27). The highest BCUT2D eigenvalue weighted by molar-refractivity contribution is 9.10. The Morgan fingerprint density at radius 3 is 2.32 bits per heavy atom. The quantitative estimate of drug-likeness (QED) is 0.578. The number of hydrogen-bond acceptors (Lipinski definition) is 3. The van der Waals surface area contributed by atoms with Crippen molar-refractivity contribution < 1.29 is 9.59 Å². The molecule has 3 atom stereocenters. The Labute approximate surface area is 178 Å². The van der Waals surface area contributed by atoms with Crippen LogP contribution in [0.5, 0.6) is 0 Å². The van der Waals surface area contributed by atoms with E-state index in [0.717, 1.165) is 28.3 Å². The van der Waals surface area contributed by atoms with Crippen molar-refractivity contribution in [1.82, 2.24) is 0 Å². The molecule has 146 valence electrons.